The molecule has 1 aliphatic rings. The van der Waals surface area contributed by atoms with Crippen LogP contribution in [0.5, 0.6) is 0 Å². The molecule has 184 valence electrons. The summed E-state index contributed by atoms with van der Waals surface area (Å²) in [5.74, 6) is -1.40. The molecule has 37 heavy (non-hydrogen) atoms. The van der Waals surface area contributed by atoms with Crippen molar-refractivity contribution < 1.29 is 24.0 Å². The van der Waals surface area contributed by atoms with Crippen LogP contribution >= 0.6 is 11.8 Å². The number of Topliss-reactive ketones (excluding diaryl/α,β-unsaturated/α-hetero) is 3. The first-order chi connectivity index (χ1) is 17.9. The van der Waals surface area contributed by atoms with E-state index >= 15 is 0 Å². The summed E-state index contributed by atoms with van der Waals surface area (Å²) in [4.78, 5) is 55.7. The van der Waals surface area contributed by atoms with E-state index in [1.807, 2.05) is 36.4 Å². The maximum Gasteiger partial charge on any atom is 0.331 e. The van der Waals surface area contributed by atoms with Crippen LogP contribution in [0, 0.1) is 0 Å². The lowest BCUT2D eigenvalue weighted by Gasteiger charge is -2.06. The molecule has 0 bridgehead atoms. The average Bonchev–Trinajstić information content (AvgIpc) is 3.14. The van der Waals surface area contributed by atoms with Crippen molar-refractivity contribution in [3.63, 3.8) is 0 Å². The number of hydrogen-bond donors (Lipinski definition) is 0. The second-order valence-electron chi connectivity index (χ2n) is 8.23. The molecule has 0 aromatic heterocycles. The average molecular weight is 510 g/mol. The fraction of sp³-hybridized carbons (Fsp3) is 0.100. The van der Waals surface area contributed by atoms with Gasteiger partial charge in [-0.25, -0.2) is 4.79 Å². The highest BCUT2D eigenvalue weighted by molar-refractivity contribution is 7.99. The Morgan fingerprint density at radius 3 is 2.00 bits per heavy atom. The number of benzene rings is 3. The highest BCUT2D eigenvalue weighted by Gasteiger charge is 2.32. The summed E-state index contributed by atoms with van der Waals surface area (Å²) in [5.41, 5.74) is 2.41. The summed E-state index contributed by atoms with van der Waals surface area (Å²) >= 11 is 1.51. The van der Waals surface area contributed by atoms with Crippen molar-refractivity contribution in [1.82, 2.24) is 0 Å². The Bertz CT molecular complexity index is 1410. The van der Waals surface area contributed by atoms with Gasteiger partial charge >= 0.3 is 5.97 Å². The van der Waals surface area contributed by atoms with Crippen LogP contribution in [0.1, 0.15) is 56.4 Å². The minimum absolute atomic E-state index is 0.155. The Morgan fingerprint density at radius 2 is 1.46 bits per heavy atom. The van der Waals surface area contributed by atoms with E-state index in [-0.39, 0.29) is 28.6 Å². The van der Waals surface area contributed by atoms with Crippen molar-refractivity contribution in [3.05, 3.63) is 113 Å². The third-order valence-corrected chi connectivity index (χ3v) is 6.60. The summed E-state index contributed by atoms with van der Waals surface area (Å²) in [6.07, 6.45) is 4.14. The zero-order valence-electron chi connectivity index (χ0n) is 20.1. The van der Waals surface area contributed by atoms with E-state index < -0.39 is 5.97 Å². The molecule has 0 saturated carbocycles. The Kier molecular flexibility index (Phi) is 8.05. The highest BCUT2D eigenvalue weighted by atomic mass is 32.2. The summed E-state index contributed by atoms with van der Waals surface area (Å²) < 4.78 is 0. The molecule has 0 spiro atoms. The monoisotopic (exact) mass is 509 g/mol. The molecule has 0 heterocycles. The number of carbonyl (C=O) groups is 4. The van der Waals surface area contributed by atoms with Gasteiger partial charge in [-0.05, 0) is 54.5 Å². The van der Waals surface area contributed by atoms with Crippen LogP contribution in [0.3, 0.4) is 0 Å². The molecular formula is C30H23NO5S. The molecule has 0 atom stereocenters. The maximum absolute atomic E-state index is 12.8. The van der Waals surface area contributed by atoms with Crippen molar-refractivity contribution >= 4 is 46.9 Å². The van der Waals surface area contributed by atoms with Gasteiger partial charge in [0.15, 0.2) is 11.6 Å². The van der Waals surface area contributed by atoms with Gasteiger partial charge in [-0.3, -0.25) is 14.4 Å². The van der Waals surface area contributed by atoms with Gasteiger partial charge < -0.3 is 4.84 Å². The van der Waals surface area contributed by atoms with E-state index in [9.17, 15) is 19.2 Å². The van der Waals surface area contributed by atoms with Gasteiger partial charge in [0.25, 0.3) is 0 Å². The van der Waals surface area contributed by atoms with Gasteiger partial charge in [0, 0.05) is 39.8 Å². The lowest BCUT2D eigenvalue weighted by molar-refractivity contribution is -0.140. The quantitative estimate of drug-likeness (QED) is 0.0633. The third kappa shape index (κ3) is 6.08. The number of oxime groups is 1. The lowest BCUT2D eigenvalue weighted by atomic mass is 10.0. The van der Waals surface area contributed by atoms with Gasteiger partial charge in [0.2, 0.25) is 5.78 Å². The summed E-state index contributed by atoms with van der Waals surface area (Å²) in [6, 6.07) is 21.4. The van der Waals surface area contributed by atoms with Crippen molar-refractivity contribution in [3.8, 4) is 0 Å². The molecule has 0 radical (unpaired) electrons. The zero-order valence-corrected chi connectivity index (χ0v) is 20.9. The zero-order chi connectivity index (χ0) is 26.4. The molecule has 4 rings (SSSR count). The van der Waals surface area contributed by atoms with E-state index in [4.69, 9.17) is 0 Å². The number of fused-ring (bicyclic) bond motifs is 1. The number of ketones is 3. The number of hydrogen-bond acceptors (Lipinski definition) is 7. The smallest absolute Gasteiger partial charge is 0.318 e. The van der Waals surface area contributed by atoms with Crippen molar-refractivity contribution in [2.75, 3.05) is 0 Å². The first-order valence-corrected chi connectivity index (χ1v) is 12.4. The van der Waals surface area contributed by atoms with Crippen molar-refractivity contribution in [2.45, 2.75) is 29.6 Å². The molecule has 3 aromatic carbocycles. The second kappa shape index (κ2) is 11.6. The van der Waals surface area contributed by atoms with Crippen LogP contribution in [0.2, 0.25) is 0 Å². The van der Waals surface area contributed by atoms with E-state index in [0.717, 1.165) is 15.4 Å². The highest BCUT2D eigenvalue weighted by Crippen LogP contribution is 2.30. The molecule has 1 aliphatic carbocycles. The summed E-state index contributed by atoms with van der Waals surface area (Å²) in [5, 5.41) is 3.71. The molecule has 7 heteroatoms. The topological polar surface area (TPSA) is 89.9 Å². The van der Waals surface area contributed by atoms with E-state index in [2.05, 4.69) is 16.6 Å². The van der Waals surface area contributed by atoms with Crippen LogP contribution in [-0.2, 0) is 9.63 Å². The summed E-state index contributed by atoms with van der Waals surface area (Å²) in [7, 11) is 0. The van der Waals surface area contributed by atoms with Crippen molar-refractivity contribution in [1.29, 1.82) is 0 Å². The summed E-state index contributed by atoms with van der Waals surface area (Å²) in [6.45, 7) is 4.87. The number of rotatable bonds is 9. The van der Waals surface area contributed by atoms with E-state index in [1.165, 1.54) is 18.7 Å². The number of carbonyl (C=O) groups excluding carboxylic acids is 4. The third-order valence-electron chi connectivity index (χ3n) is 5.58. The Labute approximate surface area is 218 Å². The fourth-order valence-electron chi connectivity index (χ4n) is 3.74. The molecule has 0 N–H and O–H groups in total. The second-order valence-corrected chi connectivity index (χ2v) is 9.38. The first-order valence-electron chi connectivity index (χ1n) is 11.6. The SMILES string of the molecule is C=CCC/C(=N\OC(C)=O)C(=O)c1ccc(Sc2ccc(C=C3C(=O)c4ccccc4C3=O)cc2)cc1. The van der Waals surface area contributed by atoms with Crippen LogP contribution in [0.15, 0.2) is 106 Å². The molecule has 0 aliphatic heterocycles. The molecular weight excluding hydrogens is 486 g/mol. The van der Waals surface area contributed by atoms with E-state index in [0.29, 0.717) is 29.5 Å². The van der Waals surface area contributed by atoms with Gasteiger partial charge in [0.1, 0.15) is 5.71 Å². The maximum atomic E-state index is 12.8. The number of nitrogens with zero attached hydrogens (tertiary/aromatic N) is 1. The molecule has 0 fully saturated rings. The predicted molar refractivity (Wildman–Crippen MR) is 143 cm³/mol. The Morgan fingerprint density at radius 1 is 0.892 bits per heavy atom. The van der Waals surface area contributed by atoms with Crippen LogP contribution in [0.25, 0.3) is 6.08 Å². The molecule has 0 unspecified atom stereocenters. The minimum Gasteiger partial charge on any atom is -0.318 e. The predicted octanol–water partition coefficient (Wildman–Crippen LogP) is 6.37. The Balaban J connectivity index is 1.44. The standard InChI is InChI=1S/C30H23NO5S/c1-3-4-9-27(31-36-19(2)32)28(33)21-12-16-23(17-13-21)37-22-14-10-20(11-15-22)18-26-29(34)24-7-5-6-8-25(24)30(26)35/h3,5-8,10-18H,1,4,9H2,2H3/b31-27+. The molecule has 0 saturated heterocycles. The fourth-order valence-corrected chi connectivity index (χ4v) is 4.55. The largest absolute Gasteiger partial charge is 0.331 e. The molecule has 3 aromatic rings. The molecule has 0 amide bonds. The normalized spacial score (nSPS) is 12.8. The van der Waals surface area contributed by atoms with Gasteiger partial charge in [-0.15, -0.1) is 6.58 Å². The Hall–Kier alpha value is -4.36. The van der Waals surface area contributed by atoms with Crippen LogP contribution < -0.4 is 0 Å². The molecule has 6 nitrogen and oxygen atoms in total. The van der Waals surface area contributed by atoms with Crippen LogP contribution in [0.4, 0.5) is 0 Å². The van der Waals surface area contributed by atoms with Gasteiger partial charge in [0.05, 0.1) is 5.57 Å². The van der Waals surface area contributed by atoms with E-state index in [1.54, 1.807) is 48.6 Å². The number of allylic oxidation sites excluding steroid dienone is 2. The van der Waals surface area contributed by atoms with Gasteiger partial charge in [-0.2, -0.15) is 0 Å². The lowest BCUT2D eigenvalue weighted by Crippen LogP contribution is -2.15. The van der Waals surface area contributed by atoms with Gasteiger partial charge in [-0.1, -0.05) is 59.4 Å². The first kappa shape index (κ1) is 25.7. The van der Waals surface area contributed by atoms with Crippen molar-refractivity contribution in [2.24, 2.45) is 5.16 Å². The minimum atomic E-state index is -0.593. The van der Waals surface area contributed by atoms with Crippen LogP contribution in [-0.4, -0.2) is 29.0 Å².